The van der Waals surface area contributed by atoms with Gasteiger partial charge in [-0.1, -0.05) is 0 Å². The zero-order valence-electron chi connectivity index (χ0n) is 18.4. The van der Waals surface area contributed by atoms with Crippen molar-refractivity contribution in [3.63, 3.8) is 0 Å². The number of nitrogens with zero attached hydrogens (tertiary/aromatic N) is 5. The molecule has 3 aromatic rings. The van der Waals surface area contributed by atoms with E-state index in [0.717, 1.165) is 29.9 Å². The van der Waals surface area contributed by atoms with Crippen molar-refractivity contribution in [2.45, 2.75) is 39.8 Å². The summed E-state index contributed by atoms with van der Waals surface area (Å²) in [5.41, 5.74) is 3.42. The van der Waals surface area contributed by atoms with E-state index < -0.39 is 0 Å². The molecule has 1 fully saturated rings. The van der Waals surface area contributed by atoms with Gasteiger partial charge in [-0.25, -0.2) is 9.97 Å². The van der Waals surface area contributed by atoms with Gasteiger partial charge in [0.25, 0.3) is 5.91 Å². The molecule has 3 heterocycles. The summed E-state index contributed by atoms with van der Waals surface area (Å²) in [7, 11) is 1.51. The van der Waals surface area contributed by atoms with Crippen molar-refractivity contribution in [1.29, 1.82) is 0 Å². The maximum absolute atomic E-state index is 13.2. The van der Waals surface area contributed by atoms with Crippen molar-refractivity contribution in [1.82, 2.24) is 25.3 Å². The van der Waals surface area contributed by atoms with Gasteiger partial charge in [0.05, 0.1) is 35.8 Å². The smallest absolute Gasteiger partial charge is 0.316 e. The molecule has 9 heteroatoms. The van der Waals surface area contributed by atoms with Gasteiger partial charge in [-0.3, -0.25) is 9.78 Å². The Labute approximate surface area is 181 Å². The molecule has 9 nitrogen and oxygen atoms in total. The van der Waals surface area contributed by atoms with E-state index in [0.29, 0.717) is 34.7 Å². The van der Waals surface area contributed by atoms with Crippen LogP contribution in [-0.2, 0) is 0 Å². The van der Waals surface area contributed by atoms with Crippen LogP contribution in [0.3, 0.4) is 0 Å². The summed E-state index contributed by atoms with van der Waals surface area (Å²) in [5.74, 6) is 0.124. The van der Waals surface area contributed by atoms with Crippen molar-refractivity contribution >= 4 is 28.3 Å². The number of aryl methyl sites for hydroxylation is 2. The fourth-order valence-electron chi connectivity index (χ4n) is 4.07. The third-order valence-corrected chi connectivity index (χ3v) is 5.33. The van der Waals surface area contributed by atoms with Crippen molar-refractivity contribution in [2.24, 2.45) is 0 Å². The number of benzene rings is 1. The monoisotopic (exact) mass is 421 g/mol. The predicted molar refractivity (Wildman–Crippen MR) is 120 cm³/mol. The number of anilines is 2. The van der Waals surface area contributed by atoms with Crippen molar-refractivity contribution < 1.29 is 9.53 Å². The fourth-order valence-corrected chi connectivity index (χ4v) is 4.07. The molecule has 2 N–H and O–H groups in total. The van der Waals surface area contributed by atoms with Gasteiger partial charge < -0.3 is 20.3 Å². The lowest BCUT2D eigenvalue weighted by molar-refractivity contribution is 0.102. The first-order valence-corrected chi connectivity index (χ1v) is 10.3. The minimum absolute atomic E-state index is 0.215. The maximum atomic E-state index is 13.2. The lowest BCUT2D eigenvalue weighted by atomic mass is 10.0. The molecule has 0 aliphatic carbocycles. The number of fused-ring (bicyclic) bond motifs is 1. The standard InChI is InChI=1S/C22H27N7O2/c1-12-8-23-20(15(4)26-12)28-21(30)16-6-7-18(29-10-13(2)25-14(3)11-29)17-9-24-22(31-5)27-19(16)17/h6-9,13-14,25H,10-11H2,1-5H3,(H,23,28,30)/t13-,14-/m0/s1. The Hall–Kier alpha value is -3.33. The lowest BCUT2D eigenvalue weighted by Crippen LogP contribution is -2.54. The first kappa shape index (κ1) is 20.9. The molecule has 2 aromatic heterocycles. The van der Waals surface area contributed by atoms with Crippen LogP contribution in [0.5, 0.6) is 6.01 Å². The van der Waals surface area contributed by atoms with E-state index in [2.05, 4.69) is 49.3 Å². The molecule has 0 radical (unpaired) electrons. The van der Waals surface area contributed by atoms with Crippen molar-refractivity contribution in [3.05, 3.63) is 41.5 Å². The zero-order valence-corrected chi connectivity index (χ0v) is 18.4. The fraction of sp³-hybridized carbons (Fsp3) is 0.409. The molecule has 0 spiro atoms. The Bertz CT molecular complexity index is 1120. The van der Waals surface area contributed by atoms with E-state index >= 15 is 0 Å². The second kappa shape index (κ2) is 8.43. The Morgan fingerprint density at radius 3 is 2.55 bits per heavy atom. The van der Waals surface area contributed by atoms with E-state index in [-0.39, 0.29) is 11.9 Å². The van der Waals surface area contributed by atoms with Gasteiger partial charge in [0, 0.05) is 42.4 Å². The Morgan fingerprint density at radius 1 is 1.13 bits per heavy atom. The molecule has 0 saturated carbocycles. The number of hydrogen-bond acceptors (Lipinski definition) is 8. The predicted octanol–water partition coefficient (Wildman–Crippen LogP) is 2.48. The van der Waals surface area contributed by atoms with Gasteiger partial charge in [0.1, 0.15) is 0 Å². The molecular weight excluding hydrogens is 394 g/mol. The highest BCUT2D eigenvalue weighted by molar-refractivity contribution is 6.13. The molecule has 2 atom stereocenters. The van der Waals surface area contributed by atoms with Crippen molar-refractivity contribution in [2.75, 3.05) is 30.4 Å². The Morgan fingerprint density at radius 2 is 1.87 bits per heavy atom. The first-order chi connectivity index (χ1) is 14.9. The average Bonchev–Trinajstić information content (AvgIpc) is 2.73. The summed E-state index contributed by atoms with van der Waals surface area (Å²) in [6.07, 6.45) is 3.35. The first-order valence-electron chi connectivity index (χ1n) is 10.3. The molecule has 1 aliphatic heterocycles. The quantitative estimate of drug-likeness (QED) is 0.662. The summed E-state index contributed by atoms with van der Waals surface area (Å²) >= 11 is 0. The van der Waals surface area contributed by atoms with Crippen LogP contribution in [0.25, 0.3) is 10.9 Å². The van der Waals surface area contributed by atoms with Crippen LogP contribution in [0, 0.1) is 13.8 Å². The summed E-state index contributed by atoms with van der Waals surface area (Å²) in [5, 5.41) is 7.21. The molecule has 1 aromatic carbocycles. The number of piperazine rings is 1. The van der Waals surface area contributed by atoms with Gasteiger partial charge in [0.15, 0.2) is 5.82 Å². The number of hydrogen-bond donors (Lipinski definition) is 2. The lowest BCUT2D eigenvalue weighted by Gasteiger charge is -2.38. The molecule has 31 heavy (non-hydrogen) atoms. The topological polar surface area (TPSA) is 105 Å². The van der Waals surface area contributed by atoms with E-state index in [9.17, 15) is 4.79 Å². The number of methoxy groups -OCH3 is 1. The summed E-state index contributed by atoms with van der Waals surface area (Å²) in [6.45, 7) is 9.71. The Balaban J connectivity index is 1.76. The van der Waals surface area contributed by atoms with Crippen LogP contribution in [0.15, 0.2) is 24.5 Å². The molecule has 0 bridgehead atoms. The molecule has 4 rings (SSSR count). The van der Waals surface area contributed by atoms with Crippen LogP contribution in [0.4, 0.5) is 11.5 Å². The molecule has 0 unspecified atom stereocenters. The number of aromatic nitrogens is 4. The Kier molecular flexibility index (Phi) is 5.69. The molecular formula is C22H27N7O2. The van der Waals surface area contributed by atoms with E-state index in [4.69, 9.17) is 4.74 Å². The molecule has 162 valence electrons. The number of rotatable bonds is 4. The minimum atomic E-state index is -0.305. The average molecular weight is 422 g/mol. The van der Waals surface area contributed by atoms with Crippen LogP contribution in [-0.4, -0.2) is 58.1 Å². The number of ether oxygens (including phenoxy) is 1. The van der Waals surface area contributed by atoms with Crippen LogP contribution in [0.1, 0.15) is 35.6 Å². The molecule has 1 aliphatic rings. The van der Waals surface area contributed by atoms with Gasteiger partial charge >= 0.3 is 6.01 Å². The van der Waals surface area contributed by atoms with E-state index in [1.165, 1.54) is 7.11 Å². The van der Waals surface area contributed by atoms with Gasteiger partial charge in [-0.05, 0) is 39.8 Å². The highest BCUT2D eigenvalue weighted by atomic mass is 16.5. The van der Waals surface area contributed by atoms with Gasteiger partial charge in [0.2, 0.25) is 0 Å². The van der Waals surface area contributed by atoms with E-state index in [1.807, 2.05) is 19.9 Å². The van der Waals surface area contributed by atoms with Crippen molar-refractivity contribution in [3.8, 4) is 6.01 Å². The largest absolute Gasteiger partial charge is 0.467 e. The summed E-state index contributed by atoms with van der Waals surface area (Å²) in [4.78, 5) is 32.9. The van der Waals surface area contributed by atoms with Crippen LogP contribution in [0.2, 0.25) is 0 Å². The molecule has 1 amide bonds. The minimum Gasteiger partial charge on any atom is -0.467 e. The highest BCUT2D eigenvalue weighted by Gasteiger charge is 2.25. The van der Waals surface area contributed by atoms with E-state index in [1.54, 1.807) is 18.5 Å². The van der Waals surface area contributed by atoms with Crippen LogP contribution >= 0.6 is 0 Å². The van der Waals surface area contributed by atoms with Crippen LogP contribution < -0.4 is 20.3 Å². The number of carbonyl (C=O) groups excluding carboxylic acids is 1. The second-order valence-electron chi connectivity index (χ2n) is 8.02. The zero-order chi connectivity index (χ0) is 22.1. The summed E-state index contributed by atoms with van der Waals surface area (Å²) in [6, 6.07) is 4.68. The molecule has 1 saturated heterocycles. The third-order valence-electron chi connectivity index (χ3n) is 5.33. The van der Waals surface area contributed by atoms with Gasteiger partial charge in [-0.15, -0.1) is 0 Å². The normalized spacial score (nSPS) is 18.8. The number of amides is 1. The number of carbonyl (C=O) groups is 1. The van der Waals surface area contributed by atoms with Gasteiger partial charge in [-0.2, -0.15) is 4.98 Å². The summed E-state index contributed by atoms with van der Waals surface area (Å²) < 4.78 is 5.23. The number of nitrogens with one attached hydrogen (secondary N) is 2. The second-order valence-corrected chi connectivity index (χ2v) is 8.02. The maximum Gasteiger partial charge on any atom is 0.316 e. The third kappa shape index (κ3) is 4.27. The highest BCUT2D eigenvalue weighted by Crippen LogP contribution is 2.31. The SMILES string of the molecule is COc1ncc2c(N3C[C@H](C)N[C@@H](C)C3)ccc(C(=O)Nc3ncc(C)nc3C)c2n1.